The van der Waals surface area contributed by atoms with E-state index in [1.54, 1.807) is 22.9 Å². The molecule has 11 nitrogen and oxygen atoms in total. The summed E-state index contributed by atoms with van der Waals surface area (Å²) in [5.74, 6) is -1.64. The van der Waals surface area contributed by atoms with Gasteiger partial charge in [0.25, 0.3) is 0 Å². The zero-order valence-electron chi connectivity index (χ0n) is 27.2. The third-order valence-corrected chi connectivity index (χ3v) is 9.51. The molecule has 3 heterocycles. The SMILES string of the molecule is CCC(O)CCCCCC1NC(=O)C2CCCCN2C(=O)C(C(C)CC)NC(=O)C(Cc2cn(OC)c3ccccc23)NC1=O. The van der Waals surface area contributed by atoms with Crippen LogP contribution in [-0.2, 0) is 25.6 Å². The molecule has 45 heavy (non-hydrogen) atoms. The summed E-state index contributed by atoms with van der Waals surface area (Å²) >= 11 is 0. The number of hydrogen-bond donors (Lipinski definition) is 4. The van der Waals surface area contributed by atoms with Crippen molar-refractivity contribution in [1.29, 1.82) is 0 Å². The second-order valence-corrected chi connectivity index (χ2v) is 12.6. The molecule has 0 saturated carbocycles. The standard InChI is InChI=1S/C34H51N5O6/c1-5-22(3)30-34(44)38-19-13-12-18-29(38)33(43)35-26(16-9-7-8-14-24(40)6-2)31(41)36-27(32(42)37-30)20-23-21-39(45-4)28-17-11-10-15-25(23)28/h10-11,15,17,21-22,24,26-27,29-30,40H,5-9,12-14,16,18-20H2,1-4H3,(H,35,43)(H,36,41)(H,37,42). The quantitative estimate of drug-likeness (QED) is 0.267. The van der Waals surface area contributed by atoms with Gasteiger partial charge >= 0.3 is 0 Å². The molecular weight excluding hydrogens is 574 g/mol. The summed E-state index contributed by atoms with van der Waals surface area (Å²) in [7, 11) is 1.56. The molecular formula is C34H51N5O6. The Morgan fingerprint density at radius 2 is 1.67 bits per heavy atom. The Labute approximate surface area is 266 Å². The summed E-state index contributed by atoms with van der Waals surface area (Å²) in [5, 5.41) is 19.7. The molecule has 6 atom stereocenters. The van der Waals surface area contributed by atoms with Crippen LogP contribution in [0.2, 0.25) is 0 Å². The predicted octanol–water partition coefficient (Wildman–Crippen LogP) is 2.86. The van der Waals surface area contributed by atoms with E-state index < -0.39 is 36.0 Å². The number of aliphatic hydroxyl groups excluding tert-OH is 1. The Morgan fingerprint density at radius 1 is 0.933 bits per heavy atom. The van der Waals surface area contributed by atoms with Crippen LogP contribution in [0, 0.1) is 5.92 Å². The molecule has 2 fully saturated rings. The minimum absolute atomic E-state index is 0.164. The van der Waals surface area contributed by atoms with Gasteiger partial charge in [-0.15, -0.1) is 0 Å². The number of carbonyl (C=O) groups is 4. The molecule has 4 rings (SSSR count). The summed E-state index contributed by atoms with van der Waals surface area (Å²) in [6.45, 7) is 6.26. The fourth-order valence-corrected chi connectivity index (χ4v) is 6.46. The lowest BCUT2D eigenvalue weighted by Gasteiger charge is -2.39. The number of fused-ring (bicyclic) bond motifs is 2. The van der Waals surface area contributed by atoms with Crippen LogP contribution in [0.25, 0.3) is 10.9 Å². The predicted molar refractivity (Wildman–Crippen MR) is 172 cm³/mol. The second-order valence-electron chi connectivity index (χ2n) is 12.6. The summed E-state index contributed by atoms with van der Waals surface area (Å²) < 4.78 is 1.63. The van der Waals surface area contributed by atoms with Crippen LogP contribution >= 0.6 is 0 Å². The van der Waals surface area contributed by atoms with E-state index in [2.05, 4.69) is 16.0 Å². The molecule has 0 spiro atoms. The minimum Gasteiger partial charge on any atom is -0.417 e. The van der Waals surface area contributed by atoms with Gasteiger partial charge < -0.3 is 30.8 Å². The van der Waals surface area contributed by atoms with Gasteiger partial charge in [-0.3, -0.25) is 19.2 Å². The van der Waals surface area contributed by atoms with E-state index in [1.165, 1.54) is 0 Å². The molecule has 0 radical (unpaired) electrons. The third-order valence-electron chi connectivity index (χ3n) is 9.51. The van der Waals surface area contributed by atoms with Crippen molar-refractivity contribution in [2.24, 2.45) is 5.92 Å². The van der Waals surface area contributed by atoms with Crippen molar-refractivity contribution in [1.82, 2.24) is 25.6 Å². The van der Waals surface area contributed by atoms with Gasteiger partial charge in [0.2, 0.25) is 23.6 Å². The van der Waals surface area contributed by atoms with Crippen molar-refractivity contribution in [3.8, 4) is 0 Å². The first kappa shape index (κ1) is 34.3. The molecule has 2 aliphatic heterocycles. The van der Waals surface area contributed by atoms with Gasteiger partial charge in [0.05, 0.1) is 11.6 Å². The van der Waals surface area contributed by atoms with Crippen LogP contribution in [0.4, 0.5) is 0 Å². The van der Waals surface area contributed by atoms with E-state index in [0.29, 0.717) is 45.1 Å². The number of unbranched alkanes of at least 4 members (excludes halogenated alkanes) is 2. The molecule has 1 aromatic heterocycles. The highest BCUT2D eigenvalue weighted by Crippen LogP contribution is 2.24. The third kappa shape index (κ3) is 8.36. The van der Waals surface area contributed by atoms with Crippen molar-refractivity contribution in [3.63, 3.8) is 0 Å². The Balaban J connectivity index is 1.66. The molecule has 0 bridgehead atoms. The van der Waals surface area contributed by atoms with E-state index in [4.69, 9.17) is 4.84 Å². The highest BCUT2D eigenvalue weighted by molar-refractivity contribution is 5.98. The van der Waals surface area contributed by atoms with Crippen LogP contribution < -0.4 is 20.8 Å². The number of nitrogens with one attached hydrogen (secondary N) is 3. The number of aliphatic hydroxyl groups is 1. The topological polar surface area (TPSA) is 142 Å². The Hall–Kier alpha value is -3.60. The average molecular weight is 626 g/mol. The molecule has 6 unspecified atom stereocenters. The monoisotopic (exact) mass is 625 g/mol. The second kappa shape index (κ2) is 16.1. The molecule has 2 saturated heterocycles. The van der Waals surface area contributed by atoms with Crippen molar-refractivity contribution in [3.05, 3.63) is 36.0 Å². The minimum atomic E-state index is -0.997. The Kier molecular flexibility index (Phi) is 12.3. The van der Waals surface area contributed by atoms with Gasteiger partial charge in [-0.05, 0) is 56.1 Å². The van der Waals surface area contributed by atoms with Crippen molar-refractivity contribution in [2.45, 2.75) is 122 Å². The number of carbonyl (C=O) groups excluding carboxylic acids is 4. The molecule has 4 N–H and O–H groups in total. The Bertz CT molecular complexity index is 1330. The van der Waals surface area contributed by atoms with Gasteiger partial charge in [0, 0.05) is 24.5 Å². The number of benzene rings is 1. The number of rotatable bonds is 12. The van der Waals surface area contributed by atoms with E-state index >= 15 is 0 Å². The van der Waals surface area contributed by atoms with E-state index in [0.717, 1.165) is 42.1 Å². The smallest absolute Gasteiger partial charge is 0.246 e. The summed E-state index contributed by atoms with van der Waals surface area (Å²) in [5.41, 5.74) is 1.63. The molecule has 4 amide bonds. The lowest BCUT2D eigenvalue weighted by molar-refractivity contribution is -0.147. The van der Waals surface area contributed by atoms with E-state index in [9.17, 15) is 24.3 Å². The molecule has 248 valence electrons. The van der Waals surface area contributed by atoms with Crippen LogP contribution in [0.5, 0.6) is 0 Å². The maximum Gasteiger partial charge on any atom is 0.246 e. The number of aromatic nitrogens is 1. The maximum absolute atomic E-state index is 14.0. The van der Waals surface area contributed by atoms with Crippen molar-refractivity contribution < 1.29 is 29.1 Å². The van der Waals surface area contributed by atoms with Crippen LogP contribution in [0.15, 0.2) is 30.5 Å². The zero-order chi connectivity index (χ0) is 32.5. The first-order valence-corrected chi connectivity index (χ1v) is 16.7. The van der Waals surface area contributed by atoms with Crippen molar-refractivity contribution >= 4 is 34.5 Å². The van der Waals surface area contributed by atoms with Gasteiger partial charge in [0.1, 0.15) is 31.3 Å². The van der Waals surface area contributed by atoms with Crippen LogP contribution in [0.3, 0.4) is 0 Å². The first-order chi connectivity index (χ1) is 21.7. The number of hydrogen-bond acceptors (Lipinski definition) is 6. The Morgan fingerprint density at radius 3 is 2.40 bits per heavy atom. The molecule has 11 heteroatoms. The molecule has 0 aliphatic carbocycles. The zero-order valence-corrected chi connectivity index (χ0v) is 27.2. The summed E-state index contributed by atoms with van der Waals surface area (Å²) in [6.07, 6.45) is 8.40. The first-order valence-electron chi connectivity index (χ1n) is 16.7. The lowest BCUT2D eigenvalue weighted by atomic mass is 9.93. The van der Waals surface area contributed by atoms with Crippen LogP contribution in [-0.4, -0.2) is 82.3 Å². The maximum atomic E-state index is 14.0. The molecule has 2 aliphatic rings. The van der Waals surface area contributed by atoms with Gasteiger partial charge in [-0.2, -0.15) is 4.73 Å². The normalized spacial score (nSPS) is 24.5. The molecule has 1 aromatic carbocycles. The summed E-state index contributed by atoms with van der Waals surface area (Å²) in [4.78, 5) is 62.8. The largest absolute Gasteiger partial charge is 0.417 e. The number of amides is 4. The van der Waals surface area contributed by atoms with Gasteiger partial charge in [-0.1, -0.05) is 64.7 Å². The number of para-hydroxylation sites is 1. The van der Waals surface area contributed by atoms with E-state index in [1.807, 2.05) is 45.0 Å². The van der Waals surface area contributed by atoms with Gasteiger partial charge in [0.15, 0.2) is 0 Å². The summed E-state index contributed by atoms with van der Waals surface area (Å²) in [6, 6.07) is 4.28. The van der Waals surface area contributed by atoms with Gasteiger partial charge in [-0.25, -0.2) is 0 Å². The number of nitrogens with zero attached hydrogens (tertiary/aromatic N) is 2. The highest BCUT2D eigenvalue weighted by Gasteiger charge is 2.40. The average Bonchev–Trinajstić information content (AvgIpc) is 3.41. The highest BCUT2D eigenvalue weighted by atomic mass is 16.6. The number of piperidine rings is 1. The van der Waals surface area contributed by atoms with Crippen molar-refractivity contribution in [2.75, 3.05) is 13.7 Å². The fraction of sp³-hybridized carbons (Fsp3) is 0.647. The van der Waals surface area contributed by atoms with E-state index in [-0.39, 0.29) is 30.3 Å². The fourth-order valence-electron chi connectivity index (χ4n) is 6.46. The lowest BCUT2D eigenvalue weighted by Crippen LogP contribution is -2.64. The van der Waals surface area contributed by atoms with Crippen LogP contribution in [0.1, 0.15) is 90.5 Å². The molecule has 2 aromatic rings.